The van der Waals surface area contributed by atoms with E-state index < -0.39 is 21.7 Å². The van der Waals surface area contributed by atoms with Crippen molar-refractivity contribution in [2.45, 2.75) is 31.3 Å². The SMILES string of the molecule is CC(C)(C)OC(=O)NCCNS(=O)(=O)c1cccc(C#N)c1. The average Bonchev–Trinajstić information content (AvgIpc) is 2.42. The Morgan fingerprint density at radius 1 is 1.32 bits per heavy atom. The van der Waals surface area contributed by atoms with E-state index in [1.54, 1.807) is 20.8 Å². The summed E-state index contributed by atoms with van der Waals surface area (Å²) < 4.78 is 31.4. The van der Waals surface area contributed by atoms with Crippen molar-refractivity contribution in [3.8, 4) is 6.07 Å². The summed E-state index contributed by atoms with van der Waals surface area (Å²) in [5, 5.41) is 11.2. The first-order valence-electron chi connectivity index (χ1n) is 6.61. The van der Waals surface area contributed by atoms with Crippen molar-refractivity contribution < 1.29 is 17.9 Å². The Balaban J connectivity index is 2.50. The fourth-order valence-electron chi connectivity index (χ4n) is 1.48. The molecule has 0 saturated heterocycles. The quantitative estimate of drug-likeness (QED) is 0.795. The maximum absolute atomic E-state index is 12.0. The average molecular weight is 325 g/mol. The number of alkyl carbamates (subject to hydrolysis) is 1. The third-order valence-corrected chi connectivity index (χ3v) is 3.82. The monoisotopic (exact) mass is 325 g/mol. The number of sulfonamides is 1. The summed E-state index contributed by atoms with van der Waals surface area (Å²) >= 11 is 0. The Morgan fingerprint density at radius 2 is 2.00 bits per heavy atom. The lowest BCUT2D eigenvalue weighted by Gasteiger charge is -2.19. The van der Waals surface area contributed by atoms with Crippen LogP contribution in [0.4, 0.5) is 4.79 Å². The smallest absolute Gasteiger partial charge is 0.407 e. The normalized spacial score (nSPS) is 11.5. The topological polar surface area (TPSA) is 108 Å². The van der Waals surface area contributed by atoms with Crippen LogP contribution in [-0.4, -0.2) is 33.2 Å². The summed E-state index contributed by atoms with van der Waals surface area (Å²) in [5.41, 5.74) is -0.351. The van der Waals surface area contributed by atoms with Crippen LogP contribution < -0.4 is 10.0 Å². The first kappa shape index (κ1) is 17.9. The number of nitrogens with one attached hydrogen (secondary N) is 2. The van der Waals surface area contributed by atoms with Gasteiger partial charge in [0.15, 0.2) is 0 Å². The van der Waals surface area contributed by atoms with Crippen molar-refractivity contribution in [3.63, 3.8) is 0 Å². The molecule has 1 rings (SSSR count). The Morgan fingerprint density at radius 3 is 2.59 bits per heavy atom. The number of nitrogens with zero attached hydrogens (tertiary/aromatic N) is 1. The number of nitriles is 1. The Kier molecular flexibility index (Phi) is 5.91. The molecular formula is C14H19N3O4S. The van der Waals surface area contributed by atoms with Gasteiger partial charge in [-0.3, -0.25) is 0 Å². The molecule has 0 radical (unpaired) electrons. The first-order chi connectivity index (χ1) is 10.1. The highest BCUT2D eigenvalue weighted by molar-refractivity contribution is 7.89. The van der Waals surface area contributed by atoms with Gasteiger partial charge in [0.1, 0.15) is 5.60 Å². The molecule has 0 unspecified atom stereocenters. The summed E-state index contributed by atoms with van der Waals surface area (Å²) in [6.07, 6.45) is -0.613. The van der Waals surface area contributed by atoms with Gasteiger partial charge in [-0.25, -0.2) is 17.9 Å². The van der Waals surface area contributed by atoms with Crippen molar-refractivity contribution in [1.29, 1.82) is 5.26 Å². The highest BCUT2D eigenvalue weighted by atomic mass is 32.2. The Bertz CT molecular complexity index is 672. The minimum absolute atomic E-state index is 0.00354. The fraction of sp³-hybridized carbons (Fsp3) is 0.429. The van der Waals surface area contributed by atoms with E-state index in [0.717, 1.165) is 0 Å². The zero-order valence-electron chi connectivity index (χ0n) is 12.7. The molecule has 0 atom stereocenters. The van der Waals surface area contributed by atoms with E-state index in [4.69, 9.17) is 10.00 Å². The molecule has 0 heterocycles. The Labute approximate surface area is 130 Å². The maximum Gasteiger partial charge on any atom is 0.407 e. The van der Waals surface area contributed by atoms with Gasteiger partial charge in [0.05, 0.1) is 16.5 Å². The van der Waals surface area contributed by atoms with Gasteiger partial charge >= 0.3 is 6.09 Å². The van der Waals surface area contributed by atoms with Crippen LogP contribution in [-0.2, 0) is 14.8 Å². The van der Waals surface area contributed by atoms with E-state index in [1.807, 2.05) is 6.07 Å². The molecule has 1 aromatic carbocycles. The molecule has 0 aliphatic rings. The largest absolute Gasteiger partial charge is 0.444 e. The number of hydrogen-bond acceptors (Lipinski definition) is 5. The molecule has 8 heteroatoms. The van der Waals surface area contributed by atoms with E-state index in [1.165, 1.54) is 24.3 Å². The second-order valence-electron chi connectivity index (χ2n) is 5.47. The minimum Gasteiger partial charge on any atom is -0.444 e. The first-order valence-corrected chi connectivity index (χ1v) is 8.09. The molecule has 22 heavy (non-hydrogen) atoms. The molecule has 0 saturated carbocycles. The van der Waals surface area contributed by atoms with Crippen LogP contribution >= 0.6 is 0 Å². The molecule has 120 valence electrons. The third-order valence-electron chi connectivity index (χ3n) is 2.36. The number of benzene rings is 1. The van der Waals surface area contributed by atoms with E-state index in [9.17, 15) is 13.2 Å². The van der Waals surface area contributed by atoms with Gasteiger partial charge in [0.2, 0.25) is 10.0 Å². The van der Waals surface area contributed by atoms with Gasteiger partial charge in [-0.1, -0.05) is 6.07 Å². The number of ether oxygens (including phenoxy) is 1. The predicted molar refractivity (Wildman–Crippen MR) is 80.6 cm³/mol. The molecule has 1 amide bonds. The lowest BCUT2D eigenvalue weighted by atomic mass is 10.2. The summed E-state index contributed by atoms with van der Waals surface area (Å²) in [7, 11) is -3.72. The molecule has 0 fully saturated rings. The molecule has 0 aliphatic heterocycles. The zero-order valence-corrected chi connectivity index (χ0v) is 13.5. The summed E-state index contributed by atoms with van der Waals surface area (Å²) in [6.45, 7) is 5.30. The standard InChI is InChI=1S/C14H19N3O4S/c1-14(2,3)21-13(18)16-7-8-17-22(19,20)12-6-4-5-11(9-12)10-15/h4-6,9,17H,7-8H2,1-3H3,(H,16,18). The van der Waals surface area contributed by atoms with Gasteiger partial charge in [0, 0.05) is 13.1 Å². The molecule has 2 N–H and O–H groups in total. The molecule has 7 nitrogen and oxygen atoms in total. The van der Waals surface area contributed by atoms with Crippen LogP contribution in [0.3, 0.4) is 0 Å². The van der Waals surface area contributed by atoms with Crippen LogP contribution in [0.25, 0.3) is 0 Å². The van der Waals surface area contributed by atoms with Crippen LogP contribution in [0.5, 0.6) is 0 Å². The third kappa shape index (κ3) is 6.11. The number of hydrogen-bond donors (Lipinski definition) is 2. The zero-order chi connectivity index (χ0) is 16.8. The van der Waals surface area contributed by atoms with Gasteiger partial charge in [-0.15, -0.1) is 0 Å². The van der Waals surface area contributed by atoms with Crippen molar-refractivity contribution in [2.75, 3.05) is 13.1 Å². The van der Waals surface area contributed by atoms with E-state index in [2.05, 4.69) is 10.0 Å². The summed E-state index contributed by atoms with van der Waals surface area (Å²) in [6, 6.07) is 7.56. The van der Waals surface area contributed by atoms with Crippen LogP contribution in [0.2, 0.25) is 0 Å². The number of rotatable bonds is 5. The highest BCUT2D eigenvalue weighted by Crippen LogP contribution is 2.10. The maximum atomic E-state index is 12.0. The van der Waals surface area contributed by atoms with Crippen molar-refractivity contribution in [2.24, 2.45) is 0 Å². The lowest BCUT2D eigenvalue weighted by molar-refractivity contribution is 0.0529. The molecule has 0 spiro atoms. The Hall–Kier alpha value is -2.11. The lowest BCUT2D eigenvalue weighted by Crippen LogP contribution is -2.37. The number of carbonyl (C=O) groups is 1. The fourth-order valence-corrected chi connectivity index (χ4v) is 2.56. The predicted octanol–water partition coefficient (Wildman–Crippen LogP) is 1.36. The number of carbonyl (C=O) groups excluding carboxylic acids is 1. The summed E-state index contributed by atoms with van der Waals surface area (Å²) in [5.74, 6) is 0. The van der Waals surface area contributed by atoms with Crippen LogP contribution in [0.1, 0.15) is 26.3 Å². The van der Waals surface area contributed by atoms with Crippen molar-refractivity contribution >= 4 is 16.1 Å². The number of amides is 1. The molecule has 0 aromatic heterocycles. The van der Waals surface area contributed by atoms with Crippen LogP contribution in [0.15, 0.2) is 29.2 Å². The van der Waals surface area contributed by atoms with Gasteiger partial charge < -0.3 is 10.1 Å². The van der Waals surface area contributed by atoms with Crippen LogP contribution in [0, 0.1) is 11.3 Å². The minimum atomic E-state index is -3.72. The van der Waals surface area contributed by atoms with Crippen molar-refractivity contribution in [1.82, 2.24) is 10.0 Å². The second kappa shape index (κ2) is 7.24. The van der Waals surface area contributed by atoms with E-state index in [0.29, 0.717) is 0 Å². The molecular weight excluding hydrogens is 306 g/mol. The van der Waals surface area contributed by atoms with E-state index in [-0.39, 0.29) is 23.5 Å². The highest BCUT2D eigenvalue weighted by Gasteiger charge is 2.17. The summed E-state index contributed by atoms with van der Waals surface area (Å²) in [4.78, 5) is 11.4. The molecule has 0 aliphatic carbocycles. The van der Waals surface area contributed by atoms with Gasteiger partial charge in [-0.05, 0) is 39.0 Å². The van der Waals surface area contributed by atoms with Gasteiger partial charge in [-0.2, -0.15) is 5.26 Å². The second-order valence-corrected chi connectivity index (χ2v) is 7.23. The van der Waals surface area contributed by atoms with Gasteiger partial charge in [0.25, 0.3) is 0 Å². The molecule has 1 aromatic rings. The molecule has 0 bridgehead atoms. The van der Waals surface area contributed by atoms with Crippen molar-refractivity contribution in [3.05, 3.63) is 29.8 Å². The van der Waals surface area contributed by atoms with E-state index >= 15 is 0 Å².